The van der Waals surface area contributed by atoms with Gasteiger partial charge in [0, 0.05) is 18.2 Å². The van der Waals surface area contributed by atoms with E-state index >= 15 is 0 Å². The molecule has 1 aliphatic carbocycles. The number of alkyl halides is 3. The Bertz CT molecular complexity index is 843. The molecule has 0 aromatic heterocycles. The van der Waals surface area contributed by atoms with Crippen molar-refractivity contribution in [3.05, 3.63) is 41.5 Å². The molecule has 0 spiro atoms. The first-order valence-corrected chi connectivity index (χ1v) is 12.6. The van der Waals surface area contributed by atoms with Crippen LogP contribution in [0.25, 0.3) is 6.08 Å². The van der Waals surface area contributed by atoms with Gasteiger partial charge in [-0.25, -0.2) is 0 Å². The van der Waals surface area contributed by atoms with E-state index in [4.69, 9.17) is 47.0 Å². The number of nitrogens with one attached hydrogen (secondary N) is 3. The zero-order chi connectivity index (χ0) is 23.3. The number of thiocarbonyl (C=S) groups is 1. The van der Waals surface area contributed by atoms with Gasteiger partial charge in [0.2, 0.25) is 9.70 Å². The van der Waals surface area contributed by atoms with Gasteiger partial charge >= 0.3 is 0 Å². The number of benzene rings is 1. The van der Waals surface area contributed by atoms with Gasteiger partial charge in [-0.05, 0) is 81.5 Å². The van der Waals surface area contributed by atoms with Crippen molar-refractivity contribution in [3.8, 4) is 0 Å². The van der Waals surface area contributed by atoms with E-state index in [1.54, 1.807) is 6.08 Å². The van der Waals surface area contributed by atoms with Crippen LogP contribution in [0.15, 0.2) is 30.3 Å². The molecular formula is C23H31Cl3N4OS. The maximum atomic E-state index is 12.5. The Labute approximate surface area is 211 Å². The van der Waals surface area contributed by atoms with Crippen molar-refractivity contribution >= 4 is 64.1 Å². The van der Waals surface area contributed by atoms with Gasteiger partial charge in [-0.15, -0.1) is 0 Å². The first-order chi connectivity index (χ1) is 15.1. The van der Waals surface area contributed by atoms with Crippen LogP contribution in [0, 0.1) is 12.8 Å². The summed E-state index contributed by atoms with van der Waals surface area (Å²) in [5, 5.41) is 9.50. The number of amides is 1. The van der Waals surface area contributed by atoms with Gasteiger partial charge < -0.3 is 20.9 Å². The molecule has 4 atom stereocenters. The fraction of sp³-hybridized carbons (Fsp3) is 0.565. The Morgan fingerprint density at radius 2 is 1.91 bits per heavy atom. The number of carbonyl (C=O) groups excluding carboxylic acids is 1. The Morgan fingerprint density at radius 3 is 2.62 bits per heavy atom. The number of hydrogen-bond donors (Lipinski definition) is 3. The summed E-state index contributed by atoms with van der Waals surface area (Å²) in [7, 11) is 2.18. The van der Waals surface area contributed by atoms with E-state index in [9.17, 15) is 4.79 Å². The van der Waals surface area contributed by atoms with Crippen LogP contribution >= 0.6 is 47.0 Å². The summed E-state index contributed by atoms with van der Waals surface area (Å²) in [6, 6.07) is 8.44. The van der Waals surface area contributed by atoms with Crippen LogP contribution in [0.2, 0.25) is 0 Å². The molecule has 5 nitrogen and oxygen atoms in total. The normalized spacial score (nSPS) is 25.1. The van der Waals surface area contributed by atoms with Crippen molar-refractivity contribution in [2.45, 2.75) is 61.1 Å². The van der Waals surface area contributed by atoms with Gasteiger partial charge in [-0.3, -0.25) is 4.79 Å². The minimum absolute atomic E-state index is 0.228. The number of hydrogen-bond acceptors (Lipinski definition) is 3. The molecule has 1 saturated heterocycles. The molecule has 1 aromatic carbocycles. The molecule has 0 bridgehead atoms. The minimum Gasteiger partial charge on any atom is -0.358 e. The predicted octanol–water partition coefficient (Wildman–Crippen LogP) is 4.55. The molecule has 3 N–H and O–H groups in total. The molecule has 2 fully saturated rings. The Hall–Kier alpha value is -1.05. The Balaban J connectivity index is 1.60. The van der Waals surface area contributed by atoms with Gasteiger partial charge in [-0.1, -0.05) is 65.5 Å². The molecule has 9 heteroatoms. The van der Waals surface area contributed by atoms with Crippen LogP contribution < -0.4 is 16.0 Å². The van der Waals surface area contributed by atoms with Gasteiger partial charge in [0.15, 0.2) is 5.11 Å². The molecule has 1 amide bonds. The highest BCUT2D eigenvalue weighted by molar-refractivity contribution is 7.80. The summed E-state index contributed by atoms with van der Waals surface area (Å²) < 4.78 is -1.78. The summed E-state index contributed by atoms with van der Waals surface area (Å²) >= 11 is 24.0. The van der Waals surface area contributed by atoms with E-state index < -0.39 is 9.96 Å². The second-order valence-electron chi connectivity index (χ2n) is 8.70. The average Bonchev–Trinajstić information content (AvgIpc) is 2.72. The van der Waals surface area contributed by atoms with Gasteiger partial charge in [0.05, 0.1) is 0 Å². The molecule has 1 saturated carbocycles. The quantitative estimate of drug-likeness (QED) is 0.232. The zero-order valence-electron chi connectivity index (χ0n) is 18.4. The summed E-state index contributed by atoms with van der Waals surface area (Å²) in [5.74, 6) is 0.294. The molecule has 1 heterocycles. The fourth-order valence-electron chi connectivity index (χ4n) is 4.83. The molecule has 2 aliphatic rings. The summed E-state index contributed by atoms with van der Waals surface area (Å²) in [6.07, 6.45) is 8.14. The topological polar surface area (TPSA) is 56.4 Å². The first kappa shape index (κ1) is 25.6. The number of nitrogens with zero attached hydrogens (tertiary/aromatic N) is 1. The SMILES string of the molecule is Cc1ccccc1/C=C/C(=O)NC(NC(=S)NC1CCCC2CCCN(C)C21)C(Cl)(Cl)Cl. The van der Waals surface area contributed by atoms with Crippen LogP contribution in [0.4, 0.5) is 0 Å². The second-order valence-corrected chi connectivity index (χ2v) is 11.5. The monoisotopic (exact) mass is 516 g/mol. The lowest BCUT2D eigenvalue weighted by Crippen LogP contribution is -2.62. The number of carbonyl (C=O) groups is 1. The first-order valence-electron chi connectivity index (χ1n) is 11.0. The highest BCUT2D eigenvalue weighted by Crippen LogP contribution is 2.35. The smallest absolute Gasteiger partial charge is 0.245 e. The summed E-state index contributed by atoms with van der Waals surface area (Å²) in [6.45, 7) is 3.08. The lowest BCUT2D eigenvalue weighted by Gasteiger charge is -2.47. The van der Waals surface area contributed by atoms with E-state index in [1.165, 1.54) is 31.8 Å². The molecule has 3 rings (SSSR count). The van der Waals surface area contributed by atoms with Gasteiger partial charge in [-0.2, -0.15) is 0 Å². The zero-order valence-corrected chi connectivity index (χ0v) is 21.5. The van der Waals surface area contributed by atoms with E-state index in [-0.39, 0.29) is 11.9 Å². The molecule has 1 aliphatic heterocycles. The number of halogens is 3. The number of likely N-dealkylation sites (tertiary alicyclic amines) is 1. The standard InChI is InChI=1S/C23H31Cl3N4OS/c1-15-7-3-4-8-16(15)12-13-19(31)28-21(23(24,25)26)29-22(32)27-18-11-5-9-17-10-6-14-30(2)20(17)18/h3-4,7-8,12-13,17-18,20-21H,5-6,9-11,14H2,1-2H3,(H,28,31)(H2,27,29,32)/b13-12+. The predicted molar refractivity (Wildman–Crippen MR) is 138 cm³/mol. The molecular weight excluding hydrogens is 487 g/mol. The lowest BCUT2D eigenvalue weighted by atomic mass is 9.76. The van der Waals surface area contributed by atoms with Crippen molar-refractivity contribution in [3.63, 3.8) is 0 Å². The number of piperidine rings is 1. The van der Waals surface area contributed by atoms with E-state index in [1.807, 2.05) is 31.2 Å². The van der Waals surface area contributed by atoms with Crippen LogP contribution in [0.5, 0.6) is 0 Å². The largest absolute Gasteiger partial charge is 0.358 e. The van der Waals surface area contributed by atoms with Crippen molar-refractivity contribution in [2.24, 2.45) is 5.92 Å². The number of rotatable bonds is 5. The second kappa shape index (κ2) is 11.4. The third-order valence-corrected chi connectivity index (χ3v) is 7.28. The van der Waals surface area contributed by atoms with E-state index in [2.05, 4.69) is 27.9 Å². The van der Waals surface area contributed by atoms with Crippen molar-refractivity contribution < 1.29 is 4.79 Å². The van der Waals surface area contributed by atoms with Crippen molar-refractivity contribution in [1.82, 2.24) is 20.9 Å². The van der Waals surface area contributed by atoms with Crippen LogP contribution in [-0.4, -0.2) is 51.6 Å². The maximum Gasteiger partial charge on any atom is 0.245 e. The number of aryl methyl sites for hydroxylation is 1. The maximum absolute atomic E-state index is 12.5. The molecule has 4 unspecified atom stereocenters. The minimum atomic E-state index is -1.78. The molecule has 0 radical (unpaired) electrons. The number of likely N-dealkylation sites (N-methyl/N-ethyl adjacent to an activating group) is 1. The van der Waals surface area contributed by atoms with Crippen LogP contribution in [0.3, 0.4) is 0 Å². The van der Waals surface area contributed by atoms with Crippen molar-refractivity contribution in [2.75, 3.05) is 13.6 Å². The molecule has 1 aromatic rings. The third-order valence-electron chi connectivity index (χ3n) is 6.39. The van der Waals surface area contributed by atoms with Crippen LogP contribution in [-0.2, 0) is 4.79 Å². The Morgan fingerprint density at radius 1 is 1.19 bits per heavy atom. The highest BCUT2D eigenvalue weighted by Gasteiger charge is 2.39. The summed E-state index contributed by atoms with van der Waals surface area (Å²) in [5.41, 5.74) is 2.01. The van der Waals surface area contributed by atoms with Crippen LogP contribution in [0.1, 0.15) is 43.2 Å². The summed E-state index contributed by atoms with van der Waals surface area (Å²) in [4.78, 5) is 14.9. The highest BCUT2D eigenvalue weighted by atomic mass is 35.6. The van der Waals surface area contributed by atoms with E-state index in [0.717, 1.165) is 24.1 Å². The third kappa shape index (κ3) is 6.97. The average molecular weight is 518 g/mol. The van der Waals surface area contributed by atoms with Crippen molar-refractivity contribution in [1.29, 1.82) is 0 Å². The molecule has 32 heavy (non-hydrogen) atoms. The van der Waals surface area contributed by atoms with E-state index in [0.29, 0.717) is 17.1 Å². The lowest BCUT2D eigenvalue weighted by molar-refractivity contribution is -0.117. The molecule has 176 valence electrons. The van der Waals surface area contributed by atoms with Gasteiger partial charge in [0.25, 0.3) is 0 Å². The fourth-order valence-corrected chi connectivity index (χ4v) is 5.43. The Kier molecular flexibility index (Phi) is 9.10. The van der Waals surface area contributed by atoms with Gasteiger partial charge in [0.1, 0.15) is 6.17 Å². The number of fused-ring (bicyclic) bond motifs is 1.